The molecule has 1 saturated carbocycles. The fourth-order valence-corrected chi connectivity index (χ4v) is 3.30. The number of amides is 3. The van der Waals surface area contributed by atoms with Gasteiger partial charge < -0.3 is 16.0 Å². The number of nitrogens with one attached hydrogen (secondary N) is 3. The van der Waals surface area contributed by atoms with Crippen molar-refractivity contribution in [2.24, 2.45) is 5.92 Å². The molecule has 1 fully saturated rings. The van der Waals surface area contributed by atoms with Gasteiger partial charge in [0.2, 0.25) is 11.8 Å². The molecule has 0 aromatic heterocycles. The van der Waals surface area contributed by atoms with Crippen LogP contribution in [0.25, 0.3) is 0 Å². The van der Waals surface area contributed by atoms with Gasteiger partial charge in [0.1, 0.15) is 12.6 Å². The highest BCUT2D eigenvalue weighted by Crippen LogP contribution is 2.29. The third-order valence-electron chi connectivity index (χ3n) is 4.72. The second-order valence-electron chi connectivity index (χ2n) is 7.04. The van der Waals surface area contributed by atoms with Gasteiger partial charge in [0, 0.05) is 18.2 Å². The predicted octanol–water partition coefficient (Wildman–Crippen LogP) is 2.92. The van der Waals surface area contributed by atoms with E-state index in [0.717, 1.165) is 25.7 Å². The zero-order valence-corrected chi connectivity index (χ0v) is 15.8. The summed E-state index contributed by atoms with van der Waals surface area (Å²) in [6.45, 7) is 1.61. The van der Waals surface area contributed by atoms with Crippen LogP contribution in [0.1, 0.15) is 48.5 Å². The lowest BCUT2D eigenvalue weighted by molar-refractivity contribution is -0.126. The van der Waals surface area contributed by atoms with Gasteiger partial charge in [0.05, 0.1) is 0 Å². The Hall–Kier alpha value is -2.58. The van der Waals surface area contributed by atoms with Gasteiger partial charge in [-0.2, -0.15) is 13.2 Å². The summed E-state index contributed by atoms with van der Waals surface area (Å²) < 4.78 is 36.8. The summed E-state index contributed by atoms with van der Waals surface area (Å²) in [7, 11) is 0. The van der Waals surface area contributed by atoms with Crippen LogP contribution in [0.15, 0.2) is 18.2 Å². The van der Waals surface area contributed by atoms with E-state index < -0.39 is 30.6 Å². The number of rotatable bonds is 6. The summed E-state index contributed by atoms with van der Waals surface area (Å²) >= 11 is 0. The van der Waals surface area contributed by atoms with E-state index in [4.69, 9.17) is 0 Å². The molecule has 1 aromatic carbocycles. The number of aryl methyl sites for hydroxylation is 1. The molecular formula is C19H24F3N3O3. The van der Waals surface area contributed by atoms with Crippen molar-refractivity contribution in [3.05, 3.63) is 29.3 Å². The summed E-state index contributed by atoms with van der Waals surface area (Å²) in [4.78, 5) is 36.2. The average molecular weight is 399 g/mol. The number of carbonyl (C=O) groups excluding carboxylic acids is 3. The van der Waals surface area contributed by atoms with Crippen molar-refractivity contribution < 1.29 is 27.6 Å². The van der Waals surface area contributed by atoms with Gasteiger partial charge in [0.15, 0.2) is 0 Å². The maximum atomic E-state index is 12.8. The molecule has 154 valence electrons. The third kappa shape index (κ3) is 6.24. The summed E-state index contributed by atoms with van der Waals surface area (Å²) in [5.41, 5.74) is 0.966. The number of anilines is 1. The van der Waals surface area contributed by atoms with Gasteiger partial charge in [-0.3, -0.25) is 14.4 Å². The van der Waals surface area contributed by atoms with Gasteiger partial charge in [-0.1, -0.05) is 18.9 Å². The summed E-state index contributed by atoms with van der Waals surface area (Å²) in [5.74, 6) is -1.58. The number of halogens is 3. The van der Waals surface area contributed by atoms with Crippen LogP contribution in [-0.4, -0.2) is 36.5 Å². The van der Waals surface area contributed by atoms with E-state index in [0.29, 0.717) is 11.3 Å². The lowest BCUT2D eigenvalue weighted by Crippen LogP contribution is -2.47. The Morgan fingerprint density at radius 3 is 2.39 bits per heavy atom. The van der Waals surface area contributed by atoms with Crippen molar-refractivity contribution in [3.8, 4) is 0 Å². The predicted molar refractivity (Wildman–Crippen MR) is 97.8 cm³/mol. The van der Waals surface area contributed by atoms with Crippen LogP contribution in [0.3, 0.4) is 0 Å². The van der Waals surface area contributed by atoms with Crippen molar-refractivity contribution >= 4 is 23.4 Å². The second-order valence-corrected chi connectivity index (χ2v) is 7.04. The molecule has 1 aliphatic rings. The van der Waals surface area contributed by atoms with Crippen LogP contribution in [-0.2, 0) is 9.59 Å². The van der Waals surface area contributed by atoms with Crippen LogP contribution in [0.4, 0.5) is 18.9 Å². The Morgan fingerprint density at radius 2 is 1.82 bits per heavy atom. The van der Waals surface area contributed by atoms with Gasteiger partial charge in [-0.05, 0) is 43.4 Å². The highest BCUT2D eigenvalue weighted by Gasteiger charge is 2.32. The fraction of sp³-hybridized carbons (Fsp3) is 0.526. The molecule has 0 spiro atoms. The Labute approximate surface area is 161 Å². The molecule has 0 heterocycles. The largest absolute Gasteiger partial charge is 0.405 e. The van der Waals surface area contributed by atoms with Crippen LogP contribution < -0.4 is 16.0 Å². The van der Waals surface area contributed by atoms with Gasteiger partial charge in [-0.15, -0.1) is 0 Å². The molecule has 1 atom stereocenters. The fourth-order valence-electron chi connectivity index (χ4n) is 3.30. The molecule has 1 aromatic rings. The first-order valence-corrected chi connectivity index (χ1v) is 9.10. The molecule has 3 N–H and O–H groups in total. The zero-order chi connectivity index (χ0) is 20.9. The van der Waals surface area contributed by atoms with Gasteiger partial charge >= 0.3 is 6.18 Å². The zero-order valence-electron chi connectivity index (χ0n) is 15.8. The van der Waals surface area contributed by atoms with Crippen LogP contribution in [0.5, 0.6) is 0 Å². The number of alkyl halides is 3. The Bertz CT molecular complexity index is 744. The molecule has 1 aliphatic carbocycles. The van der Waals surface area contributed by atoms with E-state index >= 15 is 0 Å². The van der Waals surface area contributed by atoms with Crippen molar-refractivity contribution in [1.82, 2.24) is 10.6 Å². The molecule has 9 heteroatoms. The average Bonchev–Trinajstić information content (AvgIpc) is 3.12. The van der Waals surface area contributed by atoms with E-state index in [1.54, 1.807) is 18.3 Å². The van der Waals surface area contributed by atoms with Gasteiger partial charge in [-0.25, -0.2) is 0 Å². The smallest absolute Gasteiger partial charge is 0.344 e. The first kappa shape index (κ1) is 21.7. The normalized spacial score (nSPS) is 15.8. The molecule has 1 unspecified atom stereocenters. The van der Waals surface area contributed by atoms with E-state index in [1.807, 2.05) is 0 Å². The summed E-state index contributed by atoms with van der Waals surface area (Å²) in [6, 6.07) is 3.57. The number of hydrogen-bond acceptors (Lipinski definition) is 3. The van der Waals surface area contributed by atoms with Crippen molar-refractivity contribution in [2.45, 2.75) is 51.7 Å². The molecule has 0 radical (unpaired) electrons. The quantitative estimate of drug-likeness (QED) is 0.687. The van der Waals surface area contributed by atoms with Crippen LogP contribution in [0, 0.1) is 12.8 Å². The molecule has 0 bridgehead atoms. The lowest BCUT2D eigenvalue weighted by atomic mass is 9.97. The standard InChI is InChI=1S/C19H24F3N3O3/c1-11-7-8-14(17(27)23-10-19(20,21)22)9-15(11)25-18(28)16(24-12(2)26)13-5-3-4-6-13/h7-9,13,16H,3-6,10H2,1-2H3,(H,23,27)(H,24,26)(H,25,28). The molecule has 28 heavy (non-hydrogen) atoms. The molecule has 2 rings (SSSR count). The van der Waals surface area contributed by atoms with Crippen LogP contribution >= 0.6 is 0 Å². The Kier molecular flexibility index (Phi) is 7.04. The molecule has 3 amide bonds. The Balaban J connectivity index is 2.13. The minimum Gasteiger partial charge on any atom is -0.344 e. The second kappa shape index (κ2) is 9.07. The third-order valence-corrected chi connectivity index (χ3v) is 4.72. The highest BCUT2D eigenvalue weighted by atomic mass is 19.4. The minimum atomic E-state index is -4.51. The summed E-state index contributed by atoms with van der Waals surface area (Å²) in [6.07, 6.45) is -0.872. The van der Waals surface area contributed by atoms with Gasteiger partial charge in [0.25, 0.3) is 5.91 Å². The first-order chi connectivity index (χ1) is 13.1. The van der Waals surface area contributed by atoms with E-state index in [-0.39, 0.29) is 17.4 Å². The minimum absolute atomic E-state index is 0.00194. The highest BCUT2D eigenvalue weighted by molar-refractivity contribution is 6.00. The number of benzene rings is 1. The van der Waals surface area contributed by atoms with Crippen molar-refractivity contribution in [1.29, 1.82) is 0 Å². The van der Waals surface area contributed by atoms with Crippen molar-refractivity contribution in [3.63, 3.8) is 0 Å². The maximum Gasteiger partial charge on any atom is 0.405 e. The summed E-state index contributed by atoms with van der Waals surface area (Å²) in [5, 5.41) is 7.18. The topological polar surface area (TPSA) is 87.3 Å². The molecular weight excluding hydrogens is 375 g/mol. The van der Waals surface area contributed by atoms with Crippen molar-refractivity contribution in [2.75, 3.05) is 11.9 Å². The Morgan fingerprint density at radius 1 is 1.18 bits per heavy atom. The van der Waals surface area contributed by atoms with E-state index in [9.17, 15) is 27.6 Å². The number of carbonyl (C=O) groups is 3. The number of hydrogen-bond donors (Lipinski definition) is 3. The molecule has 6 nitrogen and oxygen atoms in total. The first-order valence-electron chi connectivity index (χ1n) is 9.10. The molecule has 0 saturated heterocycles. The van der Waals surface area contributed by atoms with Crippen LogP contribution in [0.2, 0.25) is 0 Å². The monoisotopic (exact) mass is 399 g/mol. The maximum absolute atomic E-state index is 12.8. The molecule has 0 aliphatic heterocycles. The lowest BCUT2D eigenvalue weighted by Gasteiger charge is -2.24. The SMILES string of the molecule is CC(=O)NC(C(=O)Nc1cc(C(=O)NCC(F)(F)F)ccc1C)C1CCCC1. The van der Waals surface area contributed by atoms with E-state index in [2.05, 4.69) is 10.6 Å². The van der Waals surface area contributed by atoms with E-state index in [1.165, 1.54) is 19.1 Å².